The highest BCUT2D eigenvalue weighted by Crippen LogP contribution is 2.34. The largest absolute Gasteiger partial charge is 0.490 e. The highest BCUT2D eigenvalue weighted by Gasteiger charge is 2.10. The number of unbranched alkanes of at least 4 members (excludes halogenated alkanes) is 1. The van der Waals surface area contributed by atoms with Gasteiger partial charge in [-0.15, -0.1) is 0 Å². The highest BCUT2D eigenvalue weighted by molar-refractivity contribution is 6.37. The first-order valence-corrected chi connectivity index (χ1v) is 7.37. The van der Waals surface area contributed by atoms with E-state index >= 15 is 0 Å². The van der Waals surface area contributed by atoms with E-state index in [0.29, 0.717) is 22.4 Å². The molecule has 1 rings (SSSR count). The fourth-order valence-electron chi connectivity index (χ4n) is 1.66. The second-order valence-electron chi connectivity index (χ2n) is 4.37. The molecule has 2 N–H and O–H groups in total. The van der Waals surface area contributed by atoms with Crippen LogP contribution in [0.1, 0.15) is 38.7 Å². The molecule has 0 saturated heterocycles. The van der Waals surface area contributed by atoms with Crippen molar-refractivity contribution in [2.75, 3.05) is 13.2 Å². The van der Waals surface area contributed by atoms with Crippen molar-refractivity contribution in [3.05, 3.63) is 27.7 Å². The van der Waals surface area contributed by atoms with Crippen molar-refractivity contribution in [2.45, 2.75) is 39.7 Å². The Hall–Kier alpha value is -0.440. The molecule has 2 nitrogen and oxygen atoms in total. The van der Waals surface area contributed by atoms with Crippen LogP contribution < -0.4 is 10.1 Å². The Kier molecular flexibility index (Phi) is 7.48. The zero-order valence-corrected chi connectivity index (χ0v) is 12.7. The summed E-state index contributed by atoms with van der Waals surface area (Å²) in [6, 6.07) is 3.89. The molecule has 1 aromatic carbocycles. The van der Waals surface area contributed by atoms with Gasteiger partial charge in [-0.05, 0) is 25.0 Å². The van der Waals surface area contributed by atoms with Crippen LogP contribution in [0.25, 0.3) is 0 Å². The Morgan fingerprint density at radius 3 is 2.33 bits per heavy atom. The number of quaternary nitrogens is 1. The van der Waals surface area contributed by atoms with E-state index in [1.54, 1.807) is 0 Å². The predicted octanol–water partition coefficient (Wildman–Crippen LogP) is 3.65. The molecule has 102 valence electrons. The Balaban J connectivity index is 2.65. The number of ether oxygens (including phenoxy) is 1. The van der Waals surface area contributed by atoms with E-state index in [1.165, 1.54) is 6.42 Å². The maximum atomic E-state index is 6.20. The third kappa shape index (κ3) is 5.05. The molecule has 0 saturated carbocycles. The van der Waals surface area contributed by atoms with Crippen LogP contribution in [0, 0.1) is 0 Å². The standard InChI is InChI=1S/C14H21Cl2NO/c1-3-5-7-18-14-12(15)8-11(9-13(14)16)10-17-6-4-2/h8-9,17H,3-7,10H2,1-2H3/p+1. The van der Waals surface area contributed by atoms with Crippen LogP contribution in [0.15, 0.2) is 12.1 Å². The molecule has 1 aromatic rings. The van der Waals surface area contributed by atoms with Gasteiger partial charge in [-0.25, -0.2) is 0 Å². The fourth-order valence-corrected chi connectivity index (χ4v) is 2.30. The first-order valence-electron chi connectivity index (χ1n) is 6.61. The van der Waals surface area contributed by atoms with Gasteiger partial charge < -0.3 is 10.1 Å². The molecule has 18 heavy (non-hydrogen) atoms. The van der Waals surface area contributed by atoms with Crippen molar-refractivity contribution in [3.8, 4) is 5.75 Å². The average molecular weight is 291 g/mol. The minimum Gasteiger partial charge on any atom is -0.490 e. The molecule has 0 aromatic heterocycles. The lowest BCUT2D eigenvalue weighted by Crippen LogP contribution is -2.82. The van der Waals surface area contributed by atoms with E-state index in [1.807, 2.05) is 12.1 Å². The summed E-state index contributed by atoms with van der Waals surface area (Å²) in [4.78, 5) is 0. The second kappa shape index (κ2) is 8.63. The minimum atomic E-state index is 0.610. The van der Waals surface area contributed by atoms with Gasteiger partial charge in [0, 0.05) is 5.56 Å². The molecule has 0 amide bonds. The number of hydrogen-bond acceptors (Lipinski definition) is 1. The lowest BCUT2D eigenvalue weighted by atomic mass is 10.2. The predicted molar refractivity (Wildman–Crippen MR) is 77.7 cm³/mol. The van der Waals surface area contributed by atoms with Crippen LogP contribution in [-0.4, -0.2) is 13.2 Å². The van der Waals surface area contributed by atoms with E-state index < -0.39 is 0 Å². The summed E-state index contributed by atoms with van der Waals surface area (Å²) in [5, 5.41) is 3.47. The molecule has 0 radical (unpaired) electrons. The van der Waals surface area contributed by atoms with Crippen molar-refractivity contribution in [1.82, 2.24) is 0 Å². The van der Waals surface area contributed by atoms with E-state index in [-0.39, 0.29) is 0 Å². The number of hydrogen-bond donors (Lipinski definition) is 1. The highest BCUT2D eigenvalue weighted by atomic mass is 35.5. The monoisotopic (exact) mass is 290 g/mol. The number of halogens is 2. The Morgan fingerprint density at radius 2 is 1.78 bits per heavy atom. The van der Waals surface area contributed by atoms with Gasteiger partial charge in [-0.3, -0.25) is 0 Å². The number of rotatable bonds is 8. The van der Waals surface area contributed by atoms with Gasteiger partial charge in [0.05, 0.1) is 23.2 Å². The van der Waals surface area contributed by atoms with Crippen LogP contribution >= 0.6 is 23.2 Å². The SMILES string of the molecule is CCCCOc1c(Cl)cc(C[NH2+]CCC)cc1Cl. The Labute approximate surface area is 120 Å². The van der Waals surface area contributed by atoms with Crippen molar-refractivity contribution >= 4 is 23.2 Å². The van der Waals surface area contributed by atoms with Crippen LogP contribution in [0.4, 0.5) is 0 Å². The maximum absolute atomic E-state index is 6.20. The van der Waals surface area contributed by atoms with Gasteiger partial charge in [0.2, 0.25) is 0 Å². The molecular formula is C14H22Cl2NO+. The summed E-state index contributed by atoms with van der Waals surface area (Å²) < 4.78 is 5.61. The van der Waals surface area contributed by atoms with E-state index in [4.69, 9.17) is 27.9 Å². The smallest absolute Gasteiger partial charge is 0.156 e. The lowest BCUT2D eigenvalue weighted by molar-refractivity contribution is -0.670. The summed E-state index contributed by atoms with van der Waals surface area (Å²) in [6.07, 6.45) is 3.28. The second-order valence-corrected chi connectivity index (χ2v) is 5.19. The first kappa shape index (κ1) is 15.6. The number of nitrogens with two attached hydrogens (primary N) is 1. The summed E-state index contributed by atoms with van der Waals surface area (Å²) in [5.74, 6) is 0.617. The molecule has 0 aliphatic heterocycles. The lowest BCUT2D eigenvalue weighted by Gasteiger charge is -2.11. The van der Waals surface area contributed by atoms with Gasteiger partial charge in [0.15, 0.2) is 5.75 Å². The molecule has 0 heterocycles. The van der Waals surface area contributed by atoms with Crippen molar-refractivity contribution in [1.29, 1.82) is 0 Å². The van der Waals surface area contributed by atoms with E-state index in [9.17, 15) is 0 Å². The molecule has 0 aliphatic rings. The molecule has 0 aliphatic carbocycles. The Bertz CT molecular complexity index is 346. The summed E-state index contributed by atoms with van der Waals surface area (Å²) in [5.41, 5.74) is 1.14. The van der Waals surface area contributed by atoms with E-state index in [0.717, 1.165) is 31.5 Å². The molecular weight excluding hydrogens is 269 g/mol. The van der Waals surface area contributed by atoms with Gasteiger partial charge in [0.25, 0.3) is 0 Å². The Morgan fingerprint density at radius 1 is 1.11 bits per heavy atom. The van der Waals surface area contributed by atoms with E-state index in [2.05, 4.69) is 19.2 Å². The zero-order valence-electron chi connectivity index (χ0n) is 11.1. The van der Waals surface area contributed by atoms with Crippen molar-refractivity contribution in [3.63, 3.8) is 0 Å². The normalized spacial score (nSPS) is 10.7. The third-order valence-electron chi connectivity index (χ3n) is 2.68. The van der Waals surface area contributed by atoms with Gasteiger partial charge in [-0.1, -0.05) is 43.5 Å². The fraction of sp³-hybridized carbons (Fsp3) is 0.571. The quantitative estimate of drug-likeness (QED) is 0.727. The molecule has 0 fully saturated rings. The van der Waals surface area contributed by atoms with Crippen LogP contribution in [0.3, 0.4) is 0 Å². The maximum Gasteiger partial charge on any atom is 0.156 e. The van der Waals surface area contributed by atoms with Gasteiger partial charge in [-0.2, -0.15) is 0 Å². The topological polar surface area (TPSA) is 25.8 Å². The van der Waals surface area contributed by atoms with Crippen molar-refractivity contribution < 1.29 is 10.1 Å². The molecule has 0 atom stereocenters. The van der Waals surface area contributed by atoms with Crippen LogP contribution in [0.5, 0.6) is 5.75 Å². The van der Waals surface area contributed by atoms with Crippen LogP contribution in [0.2, 0.25) is 10.0 Å². The van der Waals surface area contributed by atoms with Crippen LogP contribution in [-0.2, 0) is 6.54 Å². The summed E-state index contributed by atoms with van der Waals surface area (Å²) in [6.45, 7) is 6.98. The molecule has 0 unspecified atom stereocenters. The minimum absolute atomic E-state index is 0.610. The number of benzene rings is 1. The molecule has 0 spiro atoms. The van der Waals surface area contributed by atoms with Gasteiger partial charge in [0.1, 0.15) is 6.54 Å². The summed E-state index contributed by atoms with van der Waals surface area (Å²) >= 11 is 12.4. The zero-order chi connectivity index (χ0) is 13.4. The van der Waals surface area contributed by atoms with Gasteiger partial charge >= 0.3 is 0 Å². The third-order valence-corrected chi connectivity index (χ3v) is 3.24. The molecule has 4 heteroatoms. The molecule has 0 bridgehead atoms. The first-order chi connectivity index (χ1) is 8.69. The average Bonchev–Trinajstić information content (AvgIpc) is 2.33. The summed E-state index contributed by atoms with van der Waals surface area (Å²) in [7, 11) is 0. The van der Waals surface area contributed by atoms with Crippen molar-refractivity contribution in [2.24, 2.45) is 0 Å².